The first-order valence-corrected chi connectivity index (χ1v) is 11.3. The number of aryl methyl sites for hydroxylation is 1. The molecule has 1 aromatic carbocycles. The first-order chi connectivity index (χ1) is 14.5. The second kappa shape index (κ2) is 6.27. The van der Waals surface area contributed by atoms with Gasteiger partial charge in [0.25, 0.3) is 11.8 Å². The molecule has 2 saturated carbocycles. The van der Waals surface area contributed by atoms with Crippen LogP contribution in [0.3, 0.4) is 0 Å². The van der Waals surface area contributed by atoms with E-state index in [1.54, 1.807) is 6.21 Å². The Morgan fingerprint density at radius 2 is 1.67 bits per heavy atom. The van der Waals surface area contributed by atoms with Crippen molar-refractivity contribution in [3.63, 3.8) is 0 Å². The Morgan fingerprint density at radius 3 is 2.30 bits per heavy atom. The van der Waals surface area contributed by atoms with E-state index in [1.807, 2.05) is 38.1 Å². The van der Waals surface area contributed by atoms with Crippen LogP contribution < -0.4 is 0 Å². The SMILES string of the molecule is Cc1cc(/C=N\N2C(=O)[C@@H]3[C@H]4C=C[C@@H]([C@@H]5C[C@H]45)[C@@H]3C2=O)c(C)n1-c1ccccc1Br. The van der Waals surface area contributed by atoms with Gasteiger partial charge in [0.1, 0.15) is 0 Å². The predicted molar refractivity (Wildman–Crippen MR) is 117 cm³/mol. The minimum absolute atomic E-state index is 0.120. The number of amides is 2. The lowest BCUT2D eigenvalue weighted by Crippen LogP contribution is -2.40. The van der Waals surface area contributed by atoms with Crippen molar-refractivity contribution in [2.75, 3.05) is 0 Å². The number of aromatic nitrogens is 1. The van der Waals surface area contributed by atoms with Gasteiger partial charge in [-0.15, -0.1) is 0 Å². The number of allylic oxidation sites excluding steroid dienone is 2. The zero-order valence-corrected chi connectivity index (χ0v) is 18.4. The van der Waals surface area contributed by atoms with Gasteiger partial charge in [-0.1, -0.05) is 24.3 Å². The lowest BCUT2D eigenvalue weighted by molar-refractivity contribution is -0.140. The van der Waals surface area contributed by atoms with Crippen LogP contribution in [0.1, 0.15) is 23.4 Å². The zero-order valence-electron chi connectivity index (χ0n) is 16.8. The van der Waals surface area contributed by atoms with Crippen molar-refractivity contribution < 1.29 is 9.59 Å². The van der Waals surface area contributed by atoms with Crippen LogP contribution >= 0.6 is 15.9 Å². The van der Waals surface area contributed by atoms with E-state index in [0.29, 0.717) is 11.8 Å². The number of hydrogen-bond acceptors (Lipinski definition) is 3. The van der Waals surface area contributed by atoms with E-state index in [0.717, 1.165) is 32.1 Å². The lowest BCUT2D eigenvalue weighted by Gasteiger charge is -2.37. The zero-order chi connectivity index (χ0) is 20.7. The van der Waals surface area contributed by atoms with Crippen molar-refractivity contribution in [1.29, 1.82) is 0 Å². The number of carbonyl (C=O) groups is 2. The second-order valence-corrected chi connectivity index (χ2v) is 9.86. The summed E-state index contributed by atoms with van der Waals surface area (Å²) < 4.78 is 3.15. The van der Waals surface area contributed by atoms with Gasteiger partial charge in [0.2, 0.25) is 0 Å². The van der Waals surface area contributed by atoms with Crippen molar-refractivity contribution >= 4 is 34.0 Å². The summed E-state index contributed by atoms with van der Waals surface area (Å²) in [6, 6.07) is 10.1. The fourth-order valence-electron chi connectivity index (χ4n) is 6.10. The molecular weight excluding hydrogens is 442 g/mol. The number of halogens is 1. The van der Waals surface area contributed by atoms with Crippen LogP contribution in [0.5, 0.6) is 0 Å². The molecule has 1 aromatic heterocycles. The highest BCUT2D eigenvalue weighted by molar-refractivity contribution is 9.10. The maximum atomic E-state index is 13.1. The summed E-state index contributed by atoms with van der Waals surface area (Å²) in [6.45, 7) is 4.07. The van der Waals surface area contributed by atoms with E-state index in [1.165, 1.54) is 6.42 Å². The molecule has 2 amide bonds. The molecular formula is C24H22BrN3O2. The molecule has 2 aromatic rings. The van der Waals surface area contributed by atoms with E-state index in [4.69, 9.17) is 0 Å². The molecule has 4 aliphatic carbocycles. The maximum absolute atomic E-state index is 13.1. The van der Waals surface area contributed by atoms with Gasteiger partial charge in [0.15, 0.2) is 0 Å². The van der Waals surface area contributed by atoms with Crippen molar-refractivity contribution in [2.45, 2.75) is 20.3 Å². The third kappa shape index (κ3) is 2.37. The number of hydrogen-bond donors (Lipinski definition) is 0. The number of benzene rings is 1. The topological polar surface area (TPSA) is 54.7 Å². The largest absolute Gasteiger partial charge is 0.317 e. The number of nitrogens with zero attached hydrogens (tertiary/aromatic N) is 3. The number of hydrazone groups is 1. The highest BCUT2D eigenvalue weighted by Crippen LogP contribution is 2.65. The minimum Gasteiger partial charge on any atom is -0.317 e. The highest BCUT2D eigenvalue weighted by atomic mass is 79.9. The van der Waals surface area contributed by atoms with Crippen molar-refractivity contribution in [1.82, 2.24) is 9.58 Å². The van der Waals surface area contributed by atoms with Crippen molar-refractivity contribution in [2.24, 2.45) is 40.6 Å². The maximum Gasteiger partial charge on any atom is 0.254 e. The molecule has 30 heavy (non-hydrogen) atoms. The van der Waals surface area contributed by atoms with Crippen LogP contribution in [0.4, 0.5) is 0 Å². The molecule has 0 N–H and O–H groups in total. The molecule has 152 valence electrons. The molecule has 1 saturated heterocycles. The Morgan fingerprint density at radius 1 is 1.03 bits per heavy atom. The number of carbonyl (C=O) groups excluding carboxylic acids is 2. The van der Waals surface area contributed by atoms with Crippen LogP contribution in [-0.2, 0) is 9.59 Å². The summed E-state index contributed by atoms with van der Waals surface area (Å²) in [6.07, 6.45) is 7.20. The van der Waals surface area contributed by atoms with Crippen LogP contribution in [0.25, 0.3) is 5.69 Å². The molecule has 2 bridgehead atoms. The third-order valence-corrected chi connectivity index (χ3v) is 8.19. The number of para-hydroxylation sites is 1. The first-order valence-electron chi connectivity index (χ1n) is 10.5. The Labute approximate surface area is 183 Å². The van der Waals surface area contributed by atoms with Gasteiger partial charge in [0, 0.05) is 21.4 Å². The summed E-state index contributed by atoms with van der Waals surface area (Å²) in [5.74, 6) is 0.998. The Hall–Kier alpha value is -2.47. The molecule has 7 rings (SSSR count). The molecule has 5 aliphatic rings. The lowest BCUT2D eigenvalue weighted by atomic mass is 9.63. The molecule has 6 heteroatoms. The monoisotopic (exact) mass is 463 g/mol. The highest BCUT2D eigenvalue weighted by Gasteiger charge is 2.67. The summed E-state index contributed by atoms with van der Waals surface area (Å²) >= 11 is 3.62. The van der Waals surface area contributed by atoms with E-state index in [-0.39, 0.29) is 35.5 Å². The van der Waals surface area contributed by atoms with E-state index < -0.39 is 0 Å². The smallest absolute Gasteiger partial charge is 0.254 e. The van der Waals surface area contributed by atoms with Gasteiger partial charge in [-0.25, -0.2) is 0 Å². The fraction of sp³-hybridized carbons (Fsp3) is 0.375. The van der Waals surface area contributed by atoms with Crippen LogP contribution in [0, 0.1) is 49.4 Å². The first kappa shape index (κ1) is 18.3. The molecule has 0 spiro atoms. The average Bonchev–Trinajstić information content (AvgIpc) is 3.46. The molecule has 2 heterocycles. The van der Waals surface area contributed by atoms with Crippen LogP contribution in [-0.4, -0.2) is 27.6 Å². The third-order valence-electron chi connectivity index (χ3n) is 7.52. The number of rotatable bonds is 3. The van der Waals surface area contributed by atoms with Crippen LogP contribution in [0.2, 0.25) is 0 Å². The van der Waals surface area contributed by atoms with Gasteiger partial charge in [-0.2, -0.15) is 10.1 Å². The predicted octanol–water partition coefficient (Wildman–Crippen LogP) is 4.24. The normalized spacial score (nSPS) is 33.5. The van der Waals surface area contributed by atoms with E-state index in [9.17, 15) is 9.59 Å². The van der Waals surface area contributed by atoms with E-state index >= 15 is 0 Å². The van der Waals surface area contributed by atoms with Crippen LogP contribution in [0.15, 0.2) is 52.1 Å². The minimum atomic E-state index is -0.207. The van der Waals surface area contributed by atoms with Gasteiger partial charge in [-0.05, 0) is 78.1 Å². The van der Waals surface area contributed by atoms with Gasteiger partial charge in [-0.3, -0.25) is 9.59 Å². The molecule has 3 fully saturated rings. The van der Waals surface area contributed by atoms with E-state index in [2.05, 4.69) is 43.8 Å². The quantitative estimate of drug-likeness (QED) is 0.388. The Bertz CT molecular complexity index is 1130. The van der Waals surface area contributed by atoms with Crippen molar-refractivity contribution in [3.05, 3.63) is 63.9 Å². The average molecular weight is 464 g/mol. The fourth-order valence-corrected chi connectivity index (χ4v) is 6.56. The van der Waals surface area contributed by atoms with Crippen molar-refractivity contribution in [3.8, 4) is 5.69 Å². The Balaban J connectivity index is 1.32. The number of imide groups is 1. The molecule has 6 atom stereocenters. The van der Waals surface area contributed by atoms with Gasteiger partial charge >= 0.3 is 0 Å². The van der Waals surface area contributed by atoms with Gasteiger partial charge < -0.3 is 4.57 Å². The standard InChI is InChI=1S/C24H22BrN3O2/c1-12-9-14(13(2)27(12)20-6-4-3-5-19(20)25)11-26-28-23(29)21-15-7-8-16(18-10-17(15)18)22(21)24(28)30/h3-9,11,15-18,21-22H,10H2,1-2H3/b26-11-/t15-,16-,17-,18+,21-,22+/m0/s1. The summed E-state index contributed by atoms with van der Waals surface area (Å²) in [5, 5.41) is 5.55. The molecule has 5 nitrogen and oxygen atoms in total. The summed E-state index contributed by atoms with van der Waals surface area (Å²) in [7, 11) is 0. The Kier molecular flexibility index (Phi) is 3.82. The summed E-state index contributed by atoms with van der Waals surface area (Å²) in [5.41, 5.74) is 4.04. The second-order valence-electron chi connectivity index (χ2n) is 9.00. The molecule has 0 unspecified atom stereocenters. The van der Waals surface area contributed by atoms with Gasteiger partial charge in [0.05, 0.1) is 23.7 Å². The summed E-state index contributed by atoms with van der Waals surface area (Å²) in [4.78, 5) is 26.2. The molecule has 1 aliphatic heterocycles. The molecule has 0 radical (unpaired) electrons.